The molecular weight excluding hydrogens is 204 g/mol. The number of ether oxygens (including phenoxy) is 2. The van der Waals surface area contributed by atoms with Crippen LogP contribution in [0.1, 0.15) is 25.7 Å². The second-order valence-corrected chi connectivity index (χ2v) is 4.88. The molecule has 0 aliphatic carbocycles. The van der Waals surface area contributed by atoms with Gasteiger partial charge in [0.05, 0.1) is 12.2 Å². The molecule has 2 fully saturated rings. The molecule has 2 aliphatic rings. The fourth-order valence-electron chi connectivity index (χ4n) is 2.85. The van der Waals surface area contributed by atoms with Crippen LogP contribution in [0, 0.1) is 5.92 Å². The van der Waals surface area contributed by atoms with Gasteiger partial charge in [-0.3, -0.25) is 11.3 Å². The van der Waals surface area contributed by atoms with Crippen molar-refractivity contribution in [2.24, 2.45) is 11.8 Å². The van der Waals surface area contributed by atoms with Gasteiger partial charge in [-0.05, 0) is 25.2 Å². The van der Waals surface area contributed by atoms with Gasteiger partial charge in [0.15, 0.2) is 0 Å². The van der Waals surface area contributed by atoms with E-state index in [2.05, 4.69) is 12.0 Å². The Labute approximate surface area is 97.1 Å². The highest BCUT2D eigenvalue weighted by atomic mass is 16.6. The van der Waals surface area contributed by atoms with Crippen LogP contribution in [0.3, 0.4) is 0 Å². The Morgan fingerprint density at radius 1 is 1.56 bits per heavy atom. The monoisotopic (exact) mass is 226 g/mol. The van der Waals surface area contributed by atoms with Gasteiger partial charge < -0.3 is 9.47 Å². The molecule has 2 rings (SSSR count). The van der Waals surface area contributed by atoms with E-state index >= 15 is 0 Å². The molecule has 0 amide bonds. The van der Waals surface area contributed by atoms with Crippen LogP contribution in [0.25, 0.3) is 0 Å². The van der Waals surface area contributed by atoms with Crippen molar-refractivity contribution < 1.29 is 9.47 Å². The topological polar surface area (TPSA) is 56.5 Å². The zero-order valence-electron chi connectivity index (χ0n) is 9.78. The number of hydrogen-bond acceptors (Lipinski definition) is 4. The van der Waals surface area contributed by atoms with Gasteiger partial charge in [0.2, 0.25) is 0 Å². The number of hydrazine groups is 1. The quantitative estimate of drug-likeness (QED) is 0.426. The Balaban J connectivity index is 1.97. The lowest BCUT2D eigenvalue weighted by Crippen LogP contribution is -2.48. The molecule has 3 atom stereocenters. The second kappa shape index (κ2) is 5.27. The first-order chi connectivity index (χ1) is 7.79. The molecule has 0 aromatic rings. The molecule has 1 spiro atoms. The van der Waals surface area contributed by atoms with Crippen LogP contribution in [0.5, 0.6) is 0 Å². The molecule has 0 radical (unpaired) electrons. The minimum Gasteiger partial charge on any atom is -0.378 e. The van der Waals surface area contributed by atoms with E-state index in [0.717, 1.165) is 45.5 Å². The lowest BCUT2D eigenvalue weighted by molar-refractivity contribution is -0.103. The van der Waals surface area contributed by atoms with E-state index in [-0.39, 0.29) is 5.60 Å². The van der Waals surface area contributed by atoms with E-state index in [1.54, 1.807) is 0 Å². The second-order valence-electron chi connectivity index (χ2n) is 4.88. The van der Waals surface area contributed by atoms with E-state index in [1.165, 1.54) is 0 Å². The summed E-state index contributed by atoms with van der Waals surface area (Å²) in [5, 5.41) is 0. The first-order valence-corrected chi connectivity index (χ1v) is 6.08. The largest absolute Gasteiger partial charge is 0.378 e. The van der Waals surface area contributed by atoms with E-state index in [0.29, 0.717) is 12.0 Å². The Morgan fingerprint density at radius 3 is 3.06 bits per heavy atom. The Kier molecular flexibility index (Phi) is 3.97. The average Bonchev–Trinajstić information content (AvgIpc) is 2.74. The summed E-state index contributed by atoms with van der Waals surface area (Å²) in [5.41, 5.74) is 2.88. The molecule has 2 aliphatic heterocycles. The highest BCUT2D eigenvalue weighted by molar-refractivity contribution is 4.94. The Morgan fingerprint density at radius 2 is 2.44 bits per heavy atom. The van der Waals surface area contributed by atoms with Gasteiger partial charge >= 0.3 is 0 Å². The highest BCUT2D eigenvalue weighted by Crippen LogP contribution is 2.37. The summed E-state index contributed by atoms with van der Waals surface area (Å²) in [4.78, 5) is 0. The number of nitrogens with one attached hydrogen (secondary N) is 1. The van der Waals surface area contributed by atoms with E-state index < -0.39 is 0 Å². The smallest absolute Gasteiger partial charge is 0.0939 e. The van der Waals surface area contributed by atoms with Crippen molar-refractivity contribution in [1.29, 1.82) is 0 Å². The van der Waals surface area contributed by atoms with Crippen molar-refractivity contribution in [3.05, 3.63) is 12.7 Å². The van der Waals surface area contributed by atoms with E-state index in [9.17, 15) is 0 Å². The molecule has 3 unspecified atom stereocenters. The van der Waals surface area contributed by atoms with Crippen LogP contribution >= 0.6 is 0 Å². The number of nitrogens with two attached hydrogens (primary N) is 1. The predicted molar refractivity (Wildman–Crippen MR) is 62.8 cm³/mol. The average molecular weight is 226 g/mol. The summed E-state index contributed by atoms with van der Waals surface area (Å²) < 4.78 is 11.4. The molecule has 2 heterocycles. The van der Waals surface area contributed by atoms with Crippen LogP contribution in [0.4, 0.5) is 0 Å². The van der Waals surface area contributed by atoms with Gasteiger partial charge in [-0.25, -0.2) is 0 Å². The maximum atomic E-state index is 5.91. The van der Waals surface area contributed by atoms with Crippen LogP contribution in [-0.4, -0.2) is 31.5 Å². The minimum absolute atomic E-state index is 0.0286. The standard InChI is InChI=1S/C12H22N2O2/c1-2-3-11(14-13)10-4-6-16-12(8-10)5-7-15-9-12/h2,10-11,14H,1,3-9,13H2. The maximum absolute atomic E-state index is 5.91. The third kappa shape index (κ3) is 2.46. The van der Waals surface area contributed by atoms with Gasteiger partial charge in [-0.15, -0.1) is 6.58 Å². The lowest BCUT2D eigenvalue weighted by atomic mass is 9.80. The van der Waals surface area contributed by atoms with Crippen molar-refractivity contribution >= 4 is 0 Å². The van der Waals surface area contributed by atoms with Crippen LogP contribution in [0.2, 0.25) is 0 Å². The van der Waals surface area contributed by atoms with Crippen molar-refractivity contribution in [3.8, 4) is 0 Å². The normalized spacial score (nSPS) is 36.4. The Bertz CT molecular complexity index is 239. The van der Waals surface area contributed by atoms with Gasteiger partial charge in [0.1, 0.15) is 0 Å². The fourth-order valence-corrected chi connectivity index (χ4v) is 2.85. The molecule has 0 aromatic heterocycles. The van der Waals surface area contributed by atoms with Gasteiger partial charge in [0.25, 0.3) is 0 Å². The van der Waals surface area contributed by atoms with Crippen LogP contribution in [0.15, 0.2) is 12.7 Å². The predicted octanol–water partition coefficient (Wildman–Crippen LogP) is 0.980. The molecule has 4 nitrogen and oxygen atoms in total. The molecule has 0 bridgehead atoms. The van der Waals surface area contributed by atoms with Crippen LogP contribution < -0.4 is 11.3 Å². The molecule has 4 heteroatoms. The molecule has 0 saturated carbocycles. The summed E-state index contributed by atoms with van der Waals surface area (Å²) in [7, 11) is 0. The molecular formula is C12H22N2O2. The third-order valence-electron chi connectivity index (χ3n) is 3.80. The number of hydrogen-bond donors (Lipinski definition) is 2. The lowest BCUT2D eigenvalue weighted by Gasteiger charge is -2.40. The summed E-state index contributed by atoms with van der Waals surface area (Å²) in [5.74, 6) is 6.17. The zero-order chi connectivity index (χ0) is 11.4. The van der Waals surface area contributed by atoms with E-state index in [4.69, 9.17) is 15.3 Å². The Hall–Kier alpha value is -0.420. The maximum Gasteiger partial charge on any atom is 0.0939 e. The molecule has 16 heavy (non-hydrogen) atoms. The minimum atomic E-state index is -0.0286. The van der Waals surface area contributed by atoms with Crippen molar-refractivity contribution in [1.82, 2.24) is 5.43 Å². The molecule has 2 saturated heterocycles. The van der Waals surface area contributed by atoms with Crippen molar-refractivity contribution in [3.63, 3.8) is 0 Å². The van der Waals surface area contributed by atoms with E-state index in [1.807, 2.05) is 6.08 Å². The summed E-state index contributed by atoms with van der Waals surface area (Å²) in [6.45, 7) is 6.18. The molecule has 92 valence electrons. The highest BCUT2D eigenvalue weighted by Gasteiger charge is 2.42. The fraction of sp³-hybridized carbons (Fsp3) is 0.833. The zero-order valence-corrected chi connectivity index (χ0v) is 9.78. The summed E-state index contributed by atoms with van der Waals surface area (Å²) >= 11 is 0. The SMILES string of the molecule is C=CCC(NN)C1CCOC2(CCOC2)C1. The summed E-state index contributed by atoms with van der Waals surface area (Å²) in [6.07, 6.45) is 5.99. The van der Waals surface area contributed by atoms with Crippen molar-refractivity contribution in [2.75, 3.05) is 19.8 Å². The van der Waals surface area contributed by atoms with Gasteiger partial charge in [-0.2, -0.15) is 0 Å². The van der Waals surface area contributed by atoms with Gasteiger partial charge in [0, 0.05) is 25.7 Å². The first-order valence-electron chi connectivity index (χ1n) is 6.08. The summed E-state index contributed by atoms with van der Waals surface area (Å²) in [6, 6.07) is 0.318. The van der Waals surface area contributed by atoms with Crippen LogP contribution in [-0.2, 0) is 9.47 Å². The number of rotatable bonds is 4. The third-order valence-corrected chi connectivity index (χ3v) is 3.80. The van der Waals surface area contributed by atoms with Crippen molar-refractivity contribution in [2.45, 2.75) is 37.3 Å². The van der Waals surface area contributed by atoms with Gasteiger partial charge in [-0.1, -0.05) is 6.08 Å². The molecule has 0 aromatic carbocycles. The molecule has 3 N–H and O–H groups in total. The first kappa shape index (κ1) is 12.0.